The van der Waals surface area contributed by atoms with Crippen molar-refractivity contribution in [1.82, 2.24) is 9.88 Å². The molecule has 2 aromatic rings. The molecule has 3 rings (SSSR count). The zero-order valence-electron chi connectivity index (χ0n) is 14.2. The maximum atomic E-state index is 12.3. The van der Waals surface area contributed by atoms with Gasteiger partial charge in [-0.15, -0.1) is 0 Å². The van der Waals surface area contributed by atoms with E-state index in [1.165, 1.54) is 22.7 Å². The number of esters is 2. The van der Waals surface area contributed by atoms with Crippen LogP contribution < -0.4 is 0 Å². The predicted octanol–water partition coefficient (Wildman–Crippen LogP) is 2.30. The SMILES string of the molecule is CCOC(=O)/C=C1\SCC(=O)N1CCOC(=O)c1c[nH]c2ccccc12. The van der Waals surface area contributed by atoms with Gasteiger partial charge in [-0.25, -0.2) is 9.59 Å². The van der Waals surface area contributed by atoms with Crippen molar-refractivity contribution in [2.75, 3.05) is 25.5 Å². The maximum Gasteiger partial charge on any atom is 0.340 e. The van der Waals surface area contributed by atoms with Crippen LogP contribution in [0, 0.1) is 0 Å². The molecule has 0 aliphatic carbocycles. The number of rotatable bonds is 6. The molecule has 8 heteroatoms. The molecule has 1 saturated heterocycles. The summed E-state index contributed by atoms with van der Waals surface area (Å²) in [5, 5.41) is 1.30. The summed E-state index contributed by atoms with van der Waals surface area (Å²) in [6.45, 7) is 2.20. The highest BCUT2D eigenvalue weighted by molar-refractivity contribution is 8.04. The fraction of sp³-hybridized carbons (Fsp3) is 0.278. The van der Waals surface area contributed by atoms with E-state index in [9.17, 15) is 14.4 Å². The highest BCUT2D eigenvalue weighted by Gasteiger charge is 2.27. The second kappa shape index (κ2) is 8.09. The number of fused-ring (bicyclic) bond motifs is 1. The van der Waals surface area contributed by atoms with Crippen molar-refractivity contribution in [1.29, 1.82) is 0 Å². The molecule has 0 bridgehead atoms. The zero-order valence-corrected chi connectivity index (χ0v) is 15.0. The Morgan fingerprint density at radius 3 is 2.92 bits per heavy atom. The molecule has 1 aliphatic rings. The Kier molecular flexibility index (Phi) is 5.62. The lowest BCUT2D eigenvalue weighted by molar-refractivity contribution is -0.137. The van der Waals surface area contributed by atoms with E-state index >= 15 is 0 Å². The van der Waals surface area contributed by atoms with Crippen LogP contribution in [0.5, 0.6) is 0 Å². The maximum absolute atomic E-state index is 12.3. The number of carbonyl (C=O) groups excluding carboxylic acids is 3. The Morgan fingerprint density at radius 2 is 2.12 bits per heavy atom. The summed E-state index contributed by atoms with van der Waals surface area (Å²) in [4.78, 5) is 40.3. The van der Waals surface area contributed by atoms with E-state index in [-0.39, 0.29) is 31.4 Å². The van der Waals surface area contributed by atoms with Gasteiger partial charge >= 0.3 is 11.9 Å². The summed E-state index contributed by atoms with van der Waals surface area (Å²) in [6, 6.07) is 7.43. The Balaban J connectivity index is 1.60. The average Bonchev–Trinajstić information content (AvgIpc) is 3.20. The molecule has 2 heterocycles. The molecule has 1 fully saturated rings. The number of benzene rings is 1. The number of hydrogen-bond acceptors (Lipinski definition) is 6. The normalized spacial score (nSPS) is 15.7. The van der Waals surface area contributed by atoms with Gasteiger partial charge < -0.3 is 19.4 Å². The number of aromatic nitrogens is 1. The van der Waals surface area contributed by atoms with Gasteiger partial charge in [0.15, 0.2) is 0 Å². The number of amides is 1. The Morgan fingerprint density at radius 1 is 1.31 bits per heavy atom. The van der Waals surface area contributed by atoms with E-state index < -0.39 is 11.9 Å². The smallest absolute Gasteiger partial charge is 0.340 e. The second-order valence-electron chi connectivity index (χ2n) is 5.45. The first-order valence-corrected chi connectivity index (χ1v) is 9.13. The predicted molar refractivity (Wildman–Crippen MR) is 97.5 cm³/mol. The summed E-state index contributed by atoms with van der Waals surface area (Å²) < 4.78 is 10.2. The molecule has 1 amide bonds. The van der Waals surface area contributed by atoms with E-state index in [2.05, 4.69) is 4.98 Å². The van der Waals surface area contributed by atoms with Crippen LogP contribution >= 0.6 is 11.8 Å². The molecule has 0 saturated carbocycles. The third kappa shape index (κ3) is 3.91. The summed E-state index contributed by atoms with van der Waals surface area (Å²) in [7, 11) is 0. The molecule has 1 aromatic heterocycles. The van der Waals surface area contributed by atoms with Crippen LogP contribution in [0.25, 0.3) is 10.9 Å². The zero-order chi connectivity index (χ0) is 18.5. The van der Waals surface area contributed by atoms with Crippen molar-refractivity contribution in [3.63, 3.8) is 0 Å². The minimum Gasteiger partial charge on any atom is -0.463 e. The van der Waals surface area contributed by atoms with Crippen molar-refractivity contribution in [3.8, 4) is 0 Å². The van der Waals surface area contributed by atoms with Crippen molar-refractivity contribution in [2.45, 2.75) is 6.92 Å². The van der Waals surface area contributed by atoms with Crippen LogP contribution in [0.3, 0.4) is 0 Å². The highest BCUT2D eigenvalue weighted by Crippen LogP contribution is 2.28. The Bertz CT molecular complexity index is 873. The van der Waals surface area contributed by atoms with Crippen LogP contribution in [0.2, 0.25) is 0 Å². The molecule has 0 spiro atoms. The van der Waals surface area contributed by atoms with Gasteiger partial charge in [0.25, 0.3) is 0 Å². The molecule has 0 unspecified atom stereocenters. The minimum atomic E-state index is -0.495. The standard InChI is InChI=1S/C18H18N2O5S/c1-2-24-17(22)9-16-20(15(21)11-26-16)7-8-25-18(23)13-10-19-14-6-4-3-5-12(13)14/h3-6,9-10,19H,2,7-8,11H2,1H3/b16-9-. The van der Waals surface area contributed by atoms with Gasteiger partial charge in [-0.2, -0.15) is 0 Å². The van der Waals surface area contributed by atoms with Gasteiger partial charge in [0.05, 0.1) is 35.6 Å². The van der Waals surface area contributed by atoms with Crippen molar-refractivity contribution >= 4 is 40.5 Å². The van der Waals surface area contributed by atoms with Gasteiger partial charge in [-0.3, -0.25) is 4.79 Å². The first-order valence-electron chi connectivity index (χ1n) is 8.15. The van der Waals surface area contributed by atoms with Crippen molar-refractivity contribution in [2.24, 2.45) is 0 Å². The highest BCUT2D eigenvalue weighted by atomic mass is 32.2. The third-order valence-corrected chi connectivity index (χ3v) is 4.82. The number of carbonyl (C=O) groups is 3. The topological polar surface area (TPSA) is 88.7 Å². The molecule has 1 aromatic carbocycles. The first-order chi connectivity index (χ1) is 12.6. The van der Waals surface area contributed by atoms with Crippen molar-refractivity contribution in [3.05, 3.63) is 47.1 Å². The molecular weight excluding hydrogens is 356 g/mol. The summed E-state index contributed by atoms with van der Waals surface area (Å²) in [6.07, 6.45) is 2.90. The number of nitrogens with zero attached hydrogens (tertiary/aromatic N) is 1. The molecule has 1 N–H and O–H groups in total. The Labute approximate surface area is 154 Å². The molecule has 1 aliphatic heterocycles. The molecular formula is C18H18N2O5S. The van der Waals surface area contributed by atoms with Gasteiger partial charge in [0.2, 0.25) is 5.91 Å². The van der Waals surface area contributed by atoms with Crippen LogP contribution in [-0.2, 0) is 19.1 Å². The number of para-hydroxylation sites is 1. The average molecular weight is 374 g/mol. The molecule has 26 heavy (non-hydrogen) atoms. The van der Waals surface area contributed by atoms with Crippen LogP contribution in [0.15, 0.2) is 41.6 Å². The quantitative estimate of drug-likeness (QED) is 0.617. The molecule has 0 radical (unpaired) electrons. The lowest BCUT2D eigenvalue weighted by Gasteiger charge is -2.16. The van der Waals surface area contributed by atoms with E-state index in [0.717, 1.165) is 10.9 Å². The van der Waals surface area contributed by atoms with E-state index in [0.29, 0.717) is 10.6 Å². The van der Waals surface area contributed by atoms with Crippen LogP contribution in [-0.4, -0.2) is 53.2 Å². The molecule has 0 atom stereocenters. The fourth-order valence-electron chi connectivity index (χ4n) is 2.60. The summed E-state index contributed by atoms with van der Waals surface area (Å²) in [5.41, 5.74) is 1.30. The lowest BCUT2D eigenvalue weighted by Crippen LogP contribution is -2.29. The van der Waals surface area contributed by atoms with Crippen LogP contribution in [0.4, 0.5) is 0 Å². The number of hydrogen-bond donors (Lipinski definition) is 1. The van der Waals surface area contributed by atoms with Gasteiger partial charge in [-0.1, -0.05) is 30.0 Å². The lowest BCUT2D eigenvalue weighted by atomic mass is 10.2. The second-order valence-corrected chi connectivity index (χ2v) is 6.45. The van der Waals surface area contributed by atoms with Crippen molar-refractivity contribution < 1.29 is 23.9 Å². The molecule has 7 nitrogen and oxygen atoms in total. The van der Waals surface area contributed by atoms with Crippen LogP contribution in [0.1, 0.15) is 17.3 Å². The number of nitrogens with one attached hydrogen (secondary N) is 1. The largest absolute Gasteiger partial charge is 0.463 e. The number of aromatic amines is 1. The monoisotopic (exact) mass is 374 g/mol. The van der Waals surface area contributed by atoms with E-state index in [4.69, 9.17) is 9.47 Å². The first kappa shape index (κ1) is 18.1. The van der Waals surface area contributed by atoms with E-state index in [1.807, 2.05) is 24.3 Å². The number of thioether (sulfide) groups is 1. The number of ether oxygens (including phenoxy) is 2. The van der Waals surface area contributed by atoms with E-state index in [1.54, 1.807) is 13.1 Å². The summed E-state index contributed by atoms with van der Waals surface area (Å²) in [5.74, 6) is -0.835. The van der Waals surface area contributed by atoms with Gasteiger partial charge in [0.1, 0.15) is 6.61 Å². The fourth-order valence-corrected chi connectivity index (χ4v) is 3.56. The third-order valence-electron chi connectivity index (χ3n) is 3.80. The Hall–Kier alpha value is -2.74. The van der Waals surface area contributed by atoms with Gasteiger partial charge in [-0.05, 0) is 13.0 Å². The van der Waals surface area contributed by atoms with Gasteiger partial charge in [0, 0.05) is 17.1 Å². The minimum absolute atomic E-state index is 0.0325. The number of H-pyrrole nitrogens is 1. The summed E-state index contributed by atoms with van der Waals surface area (Å²) >= 11 is 1.26. The molecule has 136 valence electrons.